The van der Waals surface area contributed by atoms with Gasteiger partial charge < -0.3 is 20.2 Å². The zero-order valence-electron chi connectivity index (χ0n) is 18.4. The molecule has 2 N–H and O–H groups in total. The number of hydrogen-bond donors (Lipinski definition) is 2. The van der Waals surface area contributed by atoms with Crippen molar-refractivity contribution in [2.75, 3.05) is 36.4 Å². The summed E-state index contributed by atoms with van der Waals surface area (Å²) in [5.41, 5.74) is 4.09. The third kappa shape index (κ3) is 3.06. The largest absolute Gasteiger partial charge is 0.369 e. The van der Waals surface area contributed by atoms with E-state index in [2.05, 4.69) is 45.5 Å². The van der Waals surface area contributed by atoms with Gasteiger partial charge in [0.25, 0.3) is 0 Å². The van der Waals surface area contributed by atoms with E-state index in [1.165, 1.54) is 12.0 Å². The maximum atomic E-state index is 12.8. The Morgan fingerprint density at radius 2 is 2.00 bits per heavy atom. The van der Waals surface area contributed by atoms with Crippen molar-refractivity contribution in [2.24, 2.45) is 5.41 Å². The van der Waals surface area contributed by atoms with Crippen LogP contribution in [-0.2, 0) is 11.3 Å². The SMILES string of the molecule is CC1(C(=O)N2CCN(c3cnn(Cc4ccc5c6c(cccc46)C(O)N5)c3)CC2)CCC1. The normalized spacial score (nSPS) is 21.5. The van der Waals surface area contributed by atoms with Crippen molar-refractivity contribution in [3.63, 3.8) is 0 Å². The molecule has 7 nitrogen and oxygen atoms in total. The third-order valence-electron chi connectivity index (χ3n) is 7.61. The summed E-state index contributed by atoms with van der Waals surface area (Å²) < 4.78 is 1.98. The molecular formula is C25H29N5O2. The predicted octanol–water partition coefficient (Wildman–Crippen LogP) is 3.34. The van der Waals surface area contributed by atoms with E-state index in [0.717, 1.165) is 66.7 Å². The number of anilines is 2. The summed E-state index contributed by atoms with van der Waals surface area (Å²) in [5.74, 6) is 0.339. The third-order valence-corrected chi connectivity index (χ3v) is 7.61. The summed E-state index contributed by atoms with van der Waals surface area (Å²) in [6, 6.07) is 10.2. The maximum Gasteiger partial charge on any atom is 0.228 e. The van der Waals surface area contributed by atoms with Gasteiger partial charge in [0, 0.05) is 54.4 Å². The minimum atomic E-state index is -0.641. The maximum absolute atomic E-state index is 12.8. The zero-order chi connectivity index (χ0) is 21.9. The van der Waals surface area contributed by atoms with Crippen LogP contribution in [0, 0.1) is 5.41 Å². The molecule has 3 heterocycles. The number of rotatable bonds is 4. The van der Waals surface area contributed by atoms with Gasteiger partial charge in [-0.2, -0.15) is 5.10 Å². The van der Waals surface area contributed by atoms with Crippen molar-refractivity contribution in [3.8, 4) is 0 Å². The highest BCUT2D eigenvalue weighted by Crippen LogP contribution is 2.42. The molecule has 2 aromatic carbocycles. The van der Waals surface area contributed by atoms with Crippen molar-refractivity contribution in [1.29, 1.82) is 0 Å². The van der Waals surface area contributed by atoms with Gasteiger partial charge in [-0.05, 0) is 29.9 Å². The standard InChI is InChI=1S/C25H29N5O2/c1-25(8-3-9-25)24(32)29-12-10-28(11-13-29)18-14-26-30(16-18)15-17-6-7-21-22-19(17)4-2-5-20(22)23(31)27-21/h2,4-7,14,16,23,27,31H,3,8-13,15H2,1H3. The fraction of sp³-hybridized carbons (Fsp3) is 0.440. The molecule has 3 aliphatic rings. The highest BCUT2D eigenvalue weighted by Gasteiger charge is 2.42. The minimum Gasteiger partial charge on any atom is -0.369 e. The van der Waals surface area contributed by atoms with Gasteiger partial charge in [0.2, 0.25) is 5.91 Å². The van der Waals surface area contributed by atoms with Gasteiger partial charge in [0.1, 0.15) is 0 Å². The summed E-state index contributed by atoms with van der Waals surface area (Å²) in [4.78, 5) is 17.2. The number of amides is 1. The Bertz CT molecular complexity index is 1190. The van der Waals surface area contributed by atoms with Crippen LogP contribution in [0.2, 0.25) is 0 Å². The average molecular weight is 432 g/mol. The fourth-order valence-electron chi connectivity index (χ4n) is 5.45. The number of aliphatic hydroxyl groups excluding tert-OH is 1. The summed E-state index contributed by atoms with van der Waals surface area (Å²) in [7, 11) is 0. The Morgan fingerprint density at radius 3 is 2.75 bits per heavy atom. The number of carbonyl (C=O) groups excluding carboxylic acids is 1. The summed E-state index contributed by atoms with van der Waals surface area (Å²) in [5, 5.41) is 20.3. The molecule has 1 saturated carbocycles. The topological polar surface area (TPSA) is 73.6 Å². The van der Waals surface area contributed by atoms with Gasteiger partial charge in [-0.15, -0.1) is 0 Å². The second-order valence-electron chi connectivity index (χ2n) is 9.68. The van der Waals surface area contributed by atoms with E-state index in [1.807, 2.05) is 29.1 Å². The molecule has 2 fully saturated rings. The number of piperazine rings is 1. The molecular weight excluding hydrogens is 402 g/mol. The Labute approximate surface area is 187 Å². The van der Waals surface area contributed by atoms with Gasteiger partial charge in [-0.1, -0.05) is 37.6 Å². The summed E-state index contributed by atoms with van der Waals surface area (Å²) >= 11 is 0. The molecule has 166 valence electrons. The number of aromatic nitrogens is 2. The second-order valence-corrected chi connectivity index (χ2v) is 9.68. The number of nitrogens with one attached hydrogen (secondary N) is 1. The fourth-order valence-corrected chi connectivity index (χ4v) is 5.45. The van der Waals surface area contributed by atoms with Crippen LogP contribution in [0.3, 0.4) is 0 Å². The molecule has 1 saturated heterocycles. The lowest BCUT2D eigenvalue weighted by atomic mass is 9.69. The van der Waals surface area contributed by atoms with Crippen LogP contribution in [0.25, 0.3) is 10.8 Å². The van der Waals surface area contributed by atoms with Crippen molar-refractivity contribution in [2.45, 2.75) is 39.0 Å². The van der Waals surface area contributed by atoms with E-state index in [4.69, 9.17) is 0 Å². The lowest BCUT2D eigenvalue weighted by molar-refractivity contribution is -0.146. The number of aliphatic hydroxyl groups is 1. The smallest absolute Gasteiger partial charge is 0.228 e. The first-order valence-corrected chi connectivity index (χ1v) is 11.6. The van der Waals surface area contributed by atoms with E-state index in [9.17, 15) is 9.90 Å². The number of benzene rings is 2. The molecule has 6 rings (SSSR count). The van der Waals surface area contributed by atoms with Crippen LogP contribution < -0.4 is 10.2 Å². The van der Waals surface area contributed by atoms with Crippen LogP contribution in [-0.4, -0.2) is 51.9 Å². The van der Waals surface area contributed by atoms with Crippen molar-refractivity contribution < 1.29 is 9.90 Å². The van der Waals surface area contributed by atoms with Gasteiger partial charge in [-0.25, -0.2) is 0 Å². The average Bonchev–Trinajstić information content (AvgIpc) is 3.39. The molecule has 1 amide bonds. The molecule has 1 unspecified atom stereocenters. The predicted molar refractivity (Wildman–Crippen MR) is 125 cm³/mol. The van der Waals surface area contributed by atoms with Crippen LogP contribution >= 0.6 is 0 Å². The first-order chi connectivity index (χ1) is 15.5. The Balaban J connectivity index is 1.16. The van der Waals surface area contributed by atoms with E-state index in [1.54, 1.807) is 0 Å². The number of hydrogen-bond acceptors (Lipinski definition) is 5. The molecule has 3 aromatic rings. The first kappa shape index (κ1) is 19.6. The van der Waals surface area contributed by atoms with Crippen LogP contribution in [0.15, 0.2) is 42.7 Å². The quantitative estimate of drug-likeness (QED) is 0.663. The lowest BCUT2D eigenvalue weighted by Gasteiger charge is -2.43. The molecule has 1 aromatic heterocycles. The first-order valence-electron chi connectivity index (χ1n) is 11.6. The molecule has 32 heavy (non-hydrogen) atoms. The van der Waals surface area contributed by atoms with E-state index in [0.29, 0.717) is 12.5 Å². The molecule has 7 heteroatoms. The Hall–Kier alpha value is -3.06. The van der Waals surface area contributed by atoms with Gasteiger partial charge in [-0.3, -0.25) is 9.48 Å². The highest BCUT2D eigenvalue weighted by atomic mass is 16.3. The van der Waals surface area contributed by atoms with Gasteiger partial charge in [0.05, 0.1) is 18.4 Å². The second kappa shape index (κ2) is 7.24. The van der Waals surface area contributed by atoms with E-state index >= 15 is 0 Å². The van der Waals surface area contributed by atoms with Gasteiger partial charge >= 0.3 is 0 Å². The summed E-state index contributed by atoms with van der Waals surface area (Å²) in [6.45, 7) is 6.04. The lowest BCUT2D eigenvalue weighted by Crippen LogP contribution is -2.54. The molecule has 2 aliphatic heterocycles. The number of nitrogens with zero attached hydrogens (tertiary/aromatic N) is 4. The minimum absolute atomic E-state index is 0.113. The molecule has 0 bridgehead atoms. The monoisotopic (exact) mass is 431 g/mol. The molecule has 1 atom stereocenters. The molecule has 0 spiro atoms. The highest BCUT2D eigenvalue weighted by molar-refractivity contribution is 6.01. The van der Waals surface area contributed by atoms with Crippen molar-refractivity contribution in [3.05, 3.63) is 53.9 Å². The van der Waals surface area contributed by atoms with E-state index in [-0.39, 0.29) is 5.41 Å². The van der Waals surface area contributed by atoms with E-state index < -0.39 is 6.23 Å². The molecule has 1 aliphatic carbocycles. The zero-order valence-corrected chi connectivity index (χ0v) is 18.4. The summed E-state index contributed by atoms with van der Waals surface area (Å²) in [6.07, 6.45) is 6.63. The van der Waals surface area contributed by atoms with Gasteiger partial charge in [0.15, 0.2) is 6.23 Å². The Kier molecular flexibility index (Phi) is 4.43. The molecule has 0 radical (unpaired) electrons. The van der Waals surface area contributed by atoms with Crippen LogP contribution in [0.4, 0.5) is 11.4 Å². The Morgan fingerprint density at radius 1 is 1.19 bits per heavy atom. The number of carbonyl (C=O) groups is 1. The van der Waals surface area contributed by atoms with Crippen LogP contribution in [0.1, 0.15) is 43.5 Å². The van der Waals surface area contributed by atoms with Crippen molar-refractivity contribution in [1.82, 2.24) is 14.7 Å². The van der Waals surface area contributed by atoms with Crippen molar-refractivity contribution >= 4 is 28.1 Å². The van der Waals surface area contributed by atoms with Crippen LogP contribution in [0.5, 0.6) is 0 Å².